The first-order chi connectivity index (χ1) is 9.04. The zero-order valence-corrected chi connectivity index (χ0v) is 10.5. The summed E-state index contributed by atoms with van der Waals surface area (Å²) in [5.41, 5.74) is 0.0122. The molecule has 0 radical (unpaired) electrons. The van der Waals surface area contributed by atoms with Gasteiger partial charge >= 0.3 is 11.9 Å². The maximum atomic E-state index is 11.4. The molecule has 2 N–H and O–H groups in total. The second-order valence-electron chi connectivity index (χ2n) is 3.58. The molecule has 0 saturated carbocycles. The molecule has 104 valence electrons. The van der Waals surface area contributed by atoms with Crippen LogP contribution in [0.3, 0.4) is 0 Å². The smallest absolute Gasteiger partial charge is 0.354 e. The summed E-state index contributed by atoms with van der Waals surface area (Å²) in [6, 6.07) is 1.35. The summed E-state index contributed by atoms with van der Waals surface area (Å²) < 4.78 is 5.86. The molecule has 0 aromatic carbocycles. The van der Waals surface area contributed by atoms with Crippen LogP contribution in [0.4, 0.5) is 0 Å². The van der Waals surface area contributed by atoms with Crippen LogP contribution >= 0.6 is 0 Å². The van der Waals surface area contributed by atoms with Gasteiger partial charge in [0.15, 0.2) is 0 Å². The summed E-state index contributed by atoms with van der Waals surface area (Å²) in [6.07, 6.45) is 1.38. The first-order valence-corrected chi connectivity index (χ1v) is 5.72. The minimum absolute atomic E-state index is 0.0122. The Morgan fingerprint density at radius 3 is 2.84 bits per heavy atom. The van der Waals surface area contributed by atoms with Gasteiger partial charge in [0.1, 0.15) is 12.2 Å². The minimum Gasteiger partial charge on any atom is -0.477 e. The number of ether oxygens (including phenoxy) is 1. The molecule has 0 unspecified atom stereocenters. The highest BCUT2D eigenvalue weighted by molar-refractivity contribution is 5.85. The average molecular weight is 269 g/mol. The van der Waals surface area contributed by atoms with Crippen molar-refractivity contribution in [3.8, 4) is 0 Å². The van der Waals surface area contributed by atoms with Gasteiger partial charge in [0, 0.05) is 12.6 Å². The average Bonchev–Trinajstić information content (AvgIpc) is 2.82. The topological polar surface area (TPSA) is 111 Å². The molecule has 0 aliphatic carbocycles. The van der Waals surface area contributed by atoms with Gasteiger partial charge < -0.3 is 15.2 Å². The van der Waals surface area contributed by atoms with Gasteiger partial charge in [0.2, 0.25) is 5.91 Å². The van der Waals surface area contributed by atoms with Gasteiger partial charge in [-0.05, 0) is 13.0 Å². The van der Waals surface area contributed by atoms with E-state index in [1.807, 2.05) is 0 Å². The van der Waals surface area contributed by atoms with Crippen molar-refractivity contribution in [3.05, 3.63) is 18.0 Å². The van der Waals surface area contributed by atoms with E-state index in [2.05, 4.69) is 15.2 Å². The number of carbonyl (C=O) groups is 3. The standard InChI is InChI=1S/C11H15N3O5/c1-2-19-10(16)7-12-9(15)4-6-14-8(11(17)18)3-5-13-14/h3,5H,2,4,6-7H2,1H3,(H,12,15)(H,17,18). The SMILES string of the molecule is CCOC(=O)CNC(=O)CCn1nccc1C(=O)O. The molecule has 0 saturated heterocycles. The van der Waals surface area contributed by atoms with Crippen LogP contribution in [0.25, 0.3) is 0 Å². The van der Waals surface area contributed by atoms with Crippen molar-refractivity contribution in [3.63, 3.8) is 0 Å². The van der Waals surface area contributed by atoms with Crippen LogP contribution in [-0.4, -0.2) is 45.9 Å². The molecule has 19 heavy (non-hydrogen) atoms. The van der Waals surface area contributed by atoms with Crippen LogP contribution in [0.15, 0.2) is 12.3 Å². The van der Waals surface area contributed by atoms with Crippen molar-refractivity contribution in [2.24, 2.45) is 0 Å². The van der Waals surface area contributed by atoms with Crippen LogP contribution in [0.5, 0.6) is 0 Å². The number of carboxylic acid groups (broad SMARTS) is 1. The molecule has 8 nitrogen and oxygen atoms in total. The van der Waals surface area contributed by atoms with Crippen molar-refractivity contribution in [2.45, 2.75) is 19.9 Å². The highest BCUT2D eigenvalue weighted by Gasteiger charge is 2.11. The fourth-order valence-corrected chi connectivity index (χ4v) is 1.37. The molecule has 0 spiro atoms. The lowest BCUT2D eigenvalue weighted by molar-refractivity contribution is -0.143. The molecule has 0 atom stereocenters. The molecule has 0 fully saturated rings. The number of esters is 1. The molecule has 8 heteroatoms. The van der Waals surface area contributed by atoms with Gasteiger partial charge in [0.05, 0.1) is 13.2 Å². The van der Waals surface area contributed by atoms with Gasteiger partial charge in [-0.1, -0.05) is 0 Å². The minimum atomic E-state index is -1.11. The number of aryl methyl sites for hydroxylation is 1. The molecule has 1 aromatic heterocycles. The normalized spacial score (nSPS) is 9.95. The van der Waals surface area contributed by atoms with E-state index in [-0.39, 0.29) is 37.7 Å². The quantitative estimate of drug-likeness (QED) is 0.655. The lowest BCUT2D eigenvalue weighted by atomic mass is 10.3. The molecule has 0 aliphatic rings. The Hall–Kier alpha value is -2.38. The third-order valence-corrected chi connectivity index (χ3v) is 2.22. The van der Waals surface area contributed by atoms with Crippen molar-refractivity contribution in [2.75, 3.05) is 13.2 Å². The lowest BCUT2D eigenvalue weighted by Gasteiger charge is -2.06. The molecule has 1 heterocycles. The van der Waals surface area contributed by atoms with Gasteiger partial charge in [-0.3, -0.25) is 14.3 Å². The summed E-state index contributed by atoms with van der Waals surface area (Å²) in [4.78, 5) is 33.2. The second kappa shape index (κ2) is 7.14. The zero-order valence-electron chi connectivity index (χ0n) is 10.5. The van der Waals surface area contributed by atoms with Gasteiger partial charge in [0.25, 0.3) is 0 Å². The molecular formula is C11H15N3O5. The predicted octanol–water partition coefficient (Wildman–Crippen LogP) is -0.349. The Morgan fingerprint density at radius 1 is 1.47 bits per heavy atom. The number of amides is 1. The highest BCUT2D eigenvalue weighted by Crippen LogP contribution is 2.00. The first-order valence-electron chi connectivity index (χ1n) is 5.72. The summed E-state index contributed by atoms with van der Waals surface area (Å²) in [7, 11) is 0. The number of nitrogens with one attached hydrogen (secondary N) is 1. The number of hydrogen-bond acceptors (Lipinski definition) is 5. The van der Waals surface area contributed by atoms with E-state index in [1.165, 1.54) is 16.9 Å². The van der Waals surface area contributed by atoms with Gasteiger partial charge in [-0.2, -0.15) is 5.10 Å². The Kier molecular flexibility index (Phi) is 5.52. The fourth-order valence-electron chi connectivity index (χ4n) is 1.37. The number of rotatable bonds is 7. The first kappa shape index (κ1) is 14.7. The summed E-state index contributed by atoms with van der Waals surface area (Å²) in [5, 5.41) is 15.0. The van der Waals surface area contributed by atoms with Gasteiger partial charge in [-0.15, -0.1) is 0 Å². The predicted molar refractivity (Wildman–Crippen MR) is 63.4 cm³/mol. The van der Waals surface area contributed by atoms with Crippen LogP contribution in [0.2, 0.25) is 0 Å². The number of nitrogens with zero attached hydrogens (tertiary/aromatic N) is 2. The Morgan fingerprint density at radius 2 is 2.21 bits per heavy atom. The van der Waals surface area contributed by atoms with E-state index >= 15 is 0 Å². The molecule has 0 aliphatic heterocycles. The summed E-state index contributed by atoms with van der Waals surface area (Å²) in [5.74, 6) is -1.99. The maximum Gasteiger partial charge on any atom is 0.354 e. The monoisotopic (exact) mass is 269 g/mol. The van der Waals surface area contributed by atoms with E-state index in [0.717, 1.165) is 0 Å². The van der Waals surface area contributed by atoms with Crippen molar-refractivity contribution < 1.29 is 24.2 Å². The van der Waals surface area contributed by atoms with Crippen molar-refractivity contribution >= 4 is 17.8 Å². The molecule has 0 bridgehead atoms. The maximum absolute atomic E-state index is 11.4. The summed E-state index contributed by atoms with van der Waals surface area (Å²) >= 11 is 0. The van der Waals surface area contributed by atoms with E-state index in [9.17, 15) is 14.4 Å². The Bertz CT molecular complexity index is 469. The number of carbonyl (C=O) groups excluding carboxylic acids is 2. The van der Waals surface area contributed by atoms with E-state index in [4.69, 9.17) is 5.11 Å². The number of aromatic carboxylic acids is 1. The van der Waals surface area contributed by atoms with Gasteiger partial charge in [-0.25, -0.2) is 4.79 Å². The molecule has 1 aromatic rings. The zero-order chi connectivity index (χ0) is 14.3. The third kappa shape index (κ3) is 4.78. The molecule has 1 amide bonds. The fraction of sp³-hybridized carbons (Fsp3) is 0.455. The van der Waals surface area contributed by atoms with Crippen molar-refractivity contribution in [1.29, 1.82) is 0 Å². The van der Waals surface area contributed by atoms with E-state index < -0.39 is 11.9 Å². The third-order valence-electron chi connectivity index (χ3n) is 2.22. The Balaban J connectivity index is 2.36. The largest absolute Gasteiger partial charge is 0.477 e. The van der Waals surface area contributed by atoms with Crippen molar-refractivity contribution in [1.82, 2.24) is 15.1 Å². The molecular weight excluding hydrogens is 254 g/mol. The molecule has 1 rings (SSSR count). The number of hydrogen-bond donors (Lipinski definition) is 2. The van der Waals surface area contributed by atoms with Crippen LogP contribution in [-0.2, 0) is 20.9 Å². The van der Waals surface area contributed by atoms with Crippen LogP contribution in [0, 0.1) is 0 Å². The van der Waals surface area contributed by atoms with E-state index in [0.29, 0.717) is 0 Å². The Labute approximate surface area is 109 Å². The highest BCUT2D eigenvalue weighted by atomic mass is 16.5. The second-order valence-corrected chi connectivity index (χ2v) is 3.58. The van der Waals surface area contributed by atoms with Crippen LogP contribution in [0.1, 0.15) is 23.8 Å². The van der Waals surface area contributed by atoms with E-state index in [1.54, 1.807) is 6.92 Å². The number of aromatic nitrogens is 2. The number of carboxylic acids is 1. The summed E-state index contributed by atoms with van der Waals surface area (Å²) in [6.45, 7) is 1.86. The van der Waals surface area contributed by atoms with Crippen LogP contribution < -0.4 is 5.32 Å². The lowest BCUT2D eigenvalue weighted by Crippen LogP contribution is -2.31.